The molecule has 216 valence electrons. The average molecular weight is 568 g/mol. The van der Waals surface area contributed by atoms with E-state index >= 15 is 0 Å². The van der Waals surface area contributed by atoms with Crippen LogP contribution in [0.15, 0.2) is 54.7 Å². The molecule has 2 aromatic carbocycles. The number of aromatic hydroxyl groups is 1. The van der Waals surface area contributed by atoms with Gasteiger partial charge in [-0.05, 0) is 55.9 Å². The van der Waals surface area contributed by atoms with Crippen molar-refractivity contribution in [3.63, 3.8) is 0 Å². The summed E-state index contributed by atoms with van der Waals surface area (Å²) in [6, 6.07) is 12.0. The van der Waals surface area contributed by atoms with Crippen molar-refractivity contribution in [2.24, 2.45) is 0 Å². The number of nitrogens with one attached hydrogen (secondary N) is 1. The van der Waals surface area contributed by atoms with Gasteiger partial charge in [0.15, 0.2) is 0 Å². The summed E-state index contributed by atoms with van der Waals surface area (Å²) in [5, 5.41) is 17.3. The van der Waals surface area contributed by atoms with Gasteiger partial charge in [-0.25, -0.2) is 4.79 Å². The minimum absolute atomic E-state index is 0.00688. The van der Waals surface area contributed by atoms with Crippen molar-refractivity contribution < 1.29 is 27.9 Å². The van der Waals surface area contributed by atoms with E-state index in [2.05, 4.69) is 10.4 Å². The zero-order valence-corrected chi connectivity index (χ0v) is 22.5. The molecule has 0 bridgehead atoms. The smallest absolute Gasteiger partial charge is 0.416 e. The number of anilines is 1. The lowest BCUT2D eigenvalue weighted by molar-refractivity contribution is -0.138. The summed E-state index contributed by atoms with van der Waals surface area (Å²) in [6.45, 7) is 1.65. The van der Waals surface area contributed by atoms with Crippen LogP contribution >= 0.6 is 0 Å². The van der Waals surface area contributed by atoms with Crippen LogP contribution in [0.2, 0.25) is 0 Å². The Kier molecular flexibility index (Phi) is 7.13. The molecular formula is C30H32F3N5O3. The summed E-state index contributed by atoms with van der Waals surface area (Å²) < 4.78 is 42.8. The molecule has 3 aliphatic rings. The van der Waals surface area contributed by atoms with Crippen LogP contribution in [0.5, 0.6) is 5.75 Å². The number of phenolic OH excluding ortho intramolecular Hbond substituents is 1. The van der Waals surface area contributed by atoms with Crippen molar-refractivity contribution in [2.45, 2.75) is 56.2 Å². The molecule has 1 aromatic heterocycles. The van der Waals surface area contributed by atoms with E-state index in [1.807, 2.05) is 4.68 Å². The molecule has 6 rings (SSSR count). The molecule has 8 nitrogen and oxygen atoms in total. The first-order valence-electron chi connectivity index (χ1n) is 14.1. The third-order valence-electron chi connectivity index (χ3n) is 8.45. The van der Waals surface area contributed by atoms with Gasteiger partial charge in [0, 0.05) is 38.0 Å². The summed E-state index contributed by atoms with van der Waals surface area (Å²) in [5.74, 6) is -0.301. The van der Waals surface area contributed by atoms with E-state index in [1.54, 1.807) is 40.3 Å². The van der Waals surface area contributed by atoms with Gasteiger partial charge in [0.25, 0.3) is 5.91 Å². The van der Waals surface area contributed by atoms with Crippen LogP contribution in [0.1, 0.15) is 77.2 Å². The van der Waals surface area contributed by atoms with E-state index in [0.29, 0.717) is 50.1 Å². The van der Waals surface area contributed by atoms with Gasteiger partial charge >= 0.3 is 12.2 Å². The van der Waals surface area contributed by atoms with Gasteiger partial charge in [0.1, 0.15) is 5.75 Å². The highest BCUT2D eigenvalue weighted by atomic mass is 19.4. The van der Waals surface area contributed by atoms with Gasteiger partial charge in [0.2, 0.25) is 0 Å². The lowest BCUT2D eigenvalue weighted by Gasteiger charge is -2.33. The highest BCUT2D eigenvalue weighted by molar-refractivity contribution is 5.95. The number of rotatable bonds is 5. The lowest BCUT2D eigenvalue weighted by Crippen LogP contribution is -2.41. The maximum absolute atomic E-state index is 13.7. The van der Waals surface area contributed by atoms with Gasteiger partial charge in [0.05, 0.1) is 34.7 Å². The van der Waals surface area contributed by atoms with Gasteiger partial charge < -0.3 is 20.2 Å². The second-order valence-electron chi connectivity index (χ2n) is 11.1. The number of amides is 3. The Bertz CT molecular complexity index is 1440. The van der Waals surface area contributed by atoms with Crippen molar-refractivity contribution in [3.05, 3.63) is 77.1 Å². The first kappa shape index (κ1) is 27.2. The zero-order valence-electron chi connectivity index (χ0n) is 22.5. The number of alkyl halides is 3. The maximum atomic E-state index is 13.7. The monoisotopic (exact) mass is 567 g/mol. The van der Waals surface area contributed by atoms with Gasteiger partial charge in [-0.2, -0.15) is 18.3 Å². The minimum atomic E-state index is -4.44. The van der Waals surface area contributed by atoms with E-state index in [4.69, 9.17) is 0 Å². The number of aromatic nitrogens is 2. The molecule has 11 heteroatoms. The number of carbonyl (C=O) groups is 2. The Morgan fingerprint density at radius 1 is 0.878 bits per heavy atom. The van der Waals surface area contributed by atoms with E-state index in [9.17, 15) is 27.9 Å². The largest absolute Gasteiger partial charge is 0.506 e. The van der Waals surface area contributed by atoms with Gasteiger partial charge in [-0.1, -0.05) is 30.3 Å². The number of carbonyl (C=O) groups excluding carboxylic acids is 2. The number of hydrogen-bond acceptors (Lipinski definition) is 4. The van der Waals surface area contributed by atoms with Crippen LogP contribution < -0.4 is 5.32 Å². The first-order valence-corrected chi connectivity index (χ1v) is 14.1. The Balaban J connectivity index is 1.13. The normalized spacial score (nSPS) is 19.9. The predicted molar refractivity (Wildman–Crippen MR) is 146 cm³/mol. The summed E-state index contributed by atoms with van der Waals surface area (Å²) in [6.07, 6.45) is 0.933. The standard InChI is InChI=1S/C30H32F3N5O3/c31-30(32,33)24-6-2-1-5-22(24)20-11-14-37(18-20)28(40)23-17-34-38(27(23)19-9-10-19)21-12-15-36(16-13-21)29(41)35-25-7-3-4-8-26(25)39/h1-8,17,19-21,39H,9-16,18H2,(H,35,41)/t20-/m1/s1. The lowest BCUT2D eigenvalue weighted by atomic mass is 9.93. The molecule has 0 unspecified atom stereocenters. The molecule has 3 aromatic rings. The number of benzene rings is 2. The third kappa shape index (κ3) is 5.49. The highest BCUT2D eigenvalue weighted by Gasteiger charge is 2.40. The highest BCUT2D eigenvalue weighted by Crippen LogP contribution is 2.44. The second-order valence-corrected chi connectivity index (χ2v) is 11.1. The fraction of sp³-hybridized carbons (Fsp3) is 0.433. The van der Waals surface area contributed by atoms with Crippen molar-refractivity contribution in [3.8, 4) is 5.75 Å². The quantitative estimate of drug-likeness (QED) is 0.371. The fourth-order valence-corrected chi connectivity index (χ4v) is 6.16. The van der Waals surface area contributed by atoms with E-state index < -0.39 is 11.7 Å². The molecule has 3 fully saturated rings. The van der Waals surface area contributed by atoms with Crippen LogP contribution in [-0.4, -0.2) is 62.8 Å². The number of hydrogen-bond donors (Lipinski definition) is 2. The molecule has 0 spiro atoms. The van der Waals surface area contributed by atoms with Crippen LogP contribution in [0.3, 0.4) is 0 Å². The first-order chi connectivity index (χ1) is 19.7. The number of nitrogens with zero attached hydrogens (tertiary/aromatic N) is 4. The van der Waals surface area contributed by atoms with Crippen molar-refractivity contribution >= 4 is 17.6 Å². The summed E-state index contributed by atoms with van der Waals surface area (Å²) >= 11 is 0. The minimum Gasteiger partial charge on any atom is -0.506 e. The molecule has 2 aliphatic heterocycles. The van der Waals surface area contributed by atoms with Crippen LogP contribution in [0, 0.1) is 0 Å². The Labute approximate surface area is 235 Å². The average Bonchev–Trinajstić information content (AvgIpc) is 3.51. The summed E-state index contributed by atoms with van der Waals surface area (Å²) in [4.78, 5) is 29.8. The third-order valence-corrected chi connectivity index (χ3v) is 8.45. The molecular weight excluding hydrogens is 535 g/mol. The molecule has 3 heterocycles. The second kappa shape index (κ2) is 10.8. The Hall–Kier alpha value is -4.02. The van der Waals surface area contributed by atoms with Crippen molar-refractivity contribution in [1.82, 2.24) is 19.6 Å². The number of halogens is 3. The van der Waals surface area contributed by atoms with Crippen LogP contribution in [0.4, 0.5) is 23.7 Å². The predicted octanol–water partition coefficient (Wildman–Crippen LogP) is 5.98. The van der Waals surface area contributed by atoms with Crippen molar-refractivity contribution in [2.75, 3.05) is 31.5 Å². The number of urea groups is 1. The zero-order chi connectivity index (χ0) is 28.7. The van der Waals surface area contributed by atoms with Crippen LogP contribution in [-0.2, 0) is 6.18 Å². The summed E-state index contributed by atoms with van der Waals surface area (Å²) in [7, 11) is 0. The fourth-order valence-electron chi connectivity index (χ4n) is 6.16. The molecule has 1 saturated carbocycles. The molecule has 41 heavy (non-hydrogen) atoms. The van der Waals surface area contributed by atoms with Crippen LogP contribution in [0.25, 0.3) is 0 Å². The molecule has 1 atom stereocenters. The van der Waals surface area contributed by atoms with Gasteiger partial charge in [-0.3, -0.25) is 9.48 Å². The number of phenols is 1. The molecule has 1 aliphatic carbocycles. The maximum Gasteiger partial charge on any atom is 0.416 e. The van der Waals surface area contributed by atoms with Gasteiger partial charge in [-0.15, -0.1) is 0 Å². The Morgan fingerprint density at radius 2 is 1.56 bits per heavy atom. The molecule has 0 radical (unpaired) electrons. The number of para-hydroxylation sites is 2. The molecule has 3 amide bonds. The summed E-state index contributed by atoms with van der Waals surface area (Å²) in [5.41, 5.74) is 1.42. The SMILES string of the molecule is O=C(Nc1ccccc1O)N1CCC(n2ncc(C(=O)N3CC[C@@H](c4ccccc4C(F)(F)F)C3)c2C2CC2)CC1. The topological polar surface area (TPSA) is 90.7 Å². The van der Waals surface area contributed by atoms with Crippen molar-refractivity contribution in [1.29, 1.82) is 0 Å². The van der Waals surface area contributed by atoms with E-state index in [-0.39, 0.29) is 47.7 Å². The molecule has 2 saturated heterocycles. The Morgan fingerprint density at radius 3 is 2.27 bits per heavy atom. The van der Waals surface area contributed by atoms with E-state index in [0.717, 1.165) is 24.6 Å². The van der Waals surface area contributed by atoms with E-state index in [1.165, 1.54) is 18.2 Å². The number of piperidine rings is 1. The molecule has 2 N–H and O–H groups in total. The number of likely N-dealkylation sites (tertiary alicyclic amines) is 2.